The molecular weight excluding hydrogens is 350 g/mol. The molecule has 0 bridgehead atoms. The van der Waals surface area contributed by atoms with Crippen LogP contribution >= 0.6 is 0 Å². The maximum absolute atomic E-state index is 5.80. The van der Waals surface area contributed by atoms with Crippen LogP contribution in [0.25, 0.3) is 11.4 Å². The second kappa shape index (κ2) is 8.35. The second-order valence-electron chi connectivity index (χ2n) is 7.06. The van der Waals surface area contributed by atoms with Gasteiger partial charge in [0.05, 0.1) is 12.3 Å². The zero-order valence-electron chi connectivity index (χ0n) is 16.1. The molecular formula is C22H25N5O. The van der Waals surface area contributed by atoms with Crippen molar-refractivity contribution < 1.29 is 4.74 Å². The number of anilines is 1. The van der Waals surface area contributed by atoms with E-state index in [4.69, 9.17) is 15.5 Å². The first-order chi connectivity index (χ1) is 13.7. The number of hydrogen-bond donors (Lipinski definition) is 1. The SMILES string of the molecule is CCCOc1ncccc1CN1CCc2nc(-c3ccc(N)cc3)ncc2C1. The monoisotopic (exact) mass is 375 g/mol. The molecule has 0 aliphatic carbocycles. The van der Waals surface area contributed by atoms with Crippen molar-refractivity contribution in [3.05, 3.63) is 65.6 Å². The van der Waals surface area contributed by atoms with Gasteiger partial charge in [-0.2, -0.15) is 0 Å². The molecule has 28 heavy (non-hydrogen) atoms. The zero-order valence-corrected chi connectivity index (χ0v) is 16.1. The topological polar surface area (TPSA) is 77.2 Å². The van der Waals surface area contributed by atoms with Crippen LogP contribution in [-0.2, 0) is 19.5 Å². The molecule has 1 aliphatic rings. The standard InChI is InChI=1S/C22H25N5O/c1-2-12-28-22-17(4-3-10-24-22)14-27-11-9-20-18(15-27)13-25-21(26-20)16-5-7-19(23)8-6-16/h3-8,10,13H,2,9,11-12,14-15,23H2,1H3. The summed E-state index contributed by atoms with van der Waals surface area (Å²) >= 11 is 0. The number of ether oxygens (including phenoxy) is 1. The number of benzene rings is 1. The molecule has 3 aromatic rings. The van der Waals surface area contributed by atoms with Crippen LogP contribution in [0.3, 0.4) is 0 Å². The zero-order chi connectivity index (χ0) is 19.3. The normalized spacial score (nSPS) is 13.9. The van der Waals surface area contributed by atoms with E-state index in [0.717, 1.165) is 66.7 Å². The van der Waals surface area contributed by atoms with Crippen LogP contribution in [-0.4, -0.2) is 33.0 Å². The highest BCUT2D eigenvalue weighted by Crippen LogP contribution is 2.24. The minimum Gasteiger partial charge on any atom is -0.477 e. The molecule has 1 aliphatic heterocycles. The Balaban J connectivity index is 1.48. The predicted molar refractivity (Wildman–Crippen MR) is 110 cm³/mol. The van der Waals surface area contributed by atoms with Crippen molar-refractivity contribution in [3.8, 4) is 17.3 Å². The number of hydrogen-bond acceptors (Lipinski definition) is 6. The van der Waals surface area contributed by atoms with Gasteiger partial charge in [-0.15, -0.1) is 0 Å². The number of fused-ring (bicyclic) bond motifs is 1. The predicted octanol–water partition coefficient (Wildman–Crippen LogP) is 3.47. The molecule has 6 nitrogen and oxygen atoms in total. The van der Waals surface area contributed by atoms with Gasteiger partial charge in [0.2, 0.25) is 5.88 Å². The molecule has 144 valence electrons. The maximum atomic E-state index is 5.80. The van der Waals surface area contributed by atoms with Crippen molar-refractivity contribution in [1.29, 1.82) is 0 Å². The van der Waals surface area contributed by atoms with Crippen molar-refractivity contribution in [2.24, 2.45) is 0 Å². The van der Waals surface area contributed by atoms with Crippen LogP contribution in [0.15, 0.2) is 48.8 Å². The first kappa shape index (κ1) is 18.4. The van der Waals surface area contributed by atoms with Crippen LogP contribution in [0.1, 0.15) is 30.2 Å². The van der Waals surface area contributed by atoms with Crippen LogP contribution in [0.5, 0.6) is 5.88 Å². The molecule has 3 heterocycles. The number of aromatic nitrogens is 3. The van der Waals surface area contributed by atoms with Gasteiger partial charge in [-0.25, -0.2) is 15.0 Å². The summed E-state index contributed by atoms with van der Waals surface area (Å²) in [5.41, 5.74) is 11.0. The third kappa shape index (κ3) is 4.12. The smallest absolute Gasteiger partial charge is 0.217 e. The Labute approximate surface area is 165 Å². The molecule has 0 amide bonds. The number of nitrogens with two attached hydrogens (primary N) is 1. The average Bonchev–Trinajstić information content (AvgIpc) is 2.73. The number of nitrogen functional groups attached to an aromatic ring is 1. The molecule has 4 rings (SSSR count). The number of rotatable bonds is 6. The van der Waals surface area contributed by atoms with Crippen molar-refractivity contribution in [2.75, 3.05) is 18.9 Å². The third-order valence-electron chi connectivity index (χ3n) is 4.87. The number of pyridine rings is 1. The lowest BCUT2D eigenvalue weighted by atomic mass is 10.1. The summed E-state index contributed by atoms with van der Waals surface area (Å²) in [6.07, 6.45) is 5.62. The van der Waals surface area contributed by atoms with E-state index in [-0.39, 0.29) is 0 Å². The van der Waals surface area contributed by atoms with Gasteiger partial charge in [-0.1, -0.05) is 13.0 Å². The Bertz CT molecular complexity index is 942. The van der Waals surface area contributed by atoms with Gasteiger partial charge < -0.3 is 10.5 Å². The highest BCUT2D eigenvalue weighted by atomic mass is 16.5. The molecule has 0 unspecified atom stereocenters. The van der Waals surface area contributed by atoms with Crippen LogP contribution in [0.2, 0.25) is 0 Å². The van der Waals surface area contributed by atoms with Crippen LogP contribution in [0.4, 0.5) is 5.69 Å². The summed E-state index contributed by atoms with van der Waals surface area (Å²) in [6, 6.07) is 11.7. The first-order valence-corrected chi connectivity index (χ1v) is 9.72. The summed E-state index contributed by atoms with van der Waals surface area (Å²) < 4.78 is 5.80. The molecule has 2 aromatic heterocycles. The molecule has 1 aromatic carbocycles. The maximum Gasteiger partial charge on any atom is 0.217 e. The van der Waals surface area contributed by atoms with E-state index < -0.39 is 0 Å². The Morgan fingerprint density at radius 3 is 2.82 bits per heavy atom. The van der Waals surface area contributed by atoms with Crippen LogP contribution < -0.4 is 10.5 Å². The molecule has 6 heteroatoms. The minimum absolute atomic E-state index is 0.689. The van der Waals surface area contributed by atoms with E-state index >= 15 is 0 Å². The van der Waals surface area contributed by atoms with E-state index in [1.54, 1.807) is 6.20 Å². The average molecular weight is 375 g/mol. The fourth-order valence-corrected chi connectivity index (χ4v) is 3.39. The Kier molecular flexibility index (Phi) is 5.48. The molecule has 2 N–H and O–H groups in total. The Hall–Kier alpha value is -2.99. The largest absolute Gasteiger partial charge is 0.477 e. The van der Waals surface area contributed by atoms with E-state index in [2.05, 4.69) is 27.9 Å². The highest BCUT2D eigenvalue weighted by molar-refractivity contribution is 5.58. The number of nitrogens with zero attached hydrogens (tertiary/aromatic N) is 4. The van der Waals surface area contributed by atoms with Gasteiger partial charge in [0.1, 0.15) is 0 Å². The van der Waals surface area contributed by atoms with Crippen LogP contribution in [0, 0.1) is 0 Å². The summed E-state index contributed by atoms with van der Waals surface area (Å²) in [5, 5.41) is 0. The quantitative estimate of drug-likeness (QED) is 0.665. The third-order valence-corrected chi connectivity index (χ3v) is 4.87. The van der Waals surface area contributed by atoms with E-state index in [1.165, 1.54) is 5.56 Å². The van der Waals surface area contributed by atoms with Gasteiger partial charge in [0.15, 0.2) is 5.82 Å². The van der Waals surface area contributed by atoms with Crippen molar-refractivity contribution >= 4 is 5.69 Å². The van der Waals surface area contributed by atoms with Crippen molar-refractivity contribution in [2.45, 2.75) is 32.9 Å². The summed E-state index contributed by atoms with van der Waals surface area (Å²) in [4.78, 5) is 16.2. The van der Waals surface area contributed by atoms with Gasteiger partial charge in [-0.05, 0) is 36.8 Å². The van der Waals surface area contributed by atoms with Gasteiger partial charge in [0.25, 0.3) is 0 Å². The Morgan fingerprint density at radius 2 is 2.00 bits per heavy atom. The summed E-state index contributed by atoms with van der Waals surface area (Å²) in [6.45, 7) is 5.39. The lowest BCUT2D eigenvalue weighted by molar-refractivity contribution is 0.233. The Morgan fingerprint density at radius 1 is 1.14 bits per heavy atom. The molecule has 0 fully saturated rings. The molecule has 0 saturated heterocycles. The van der Waals surface area contributed by atoms with Crippen molar-refractivity contribution in [3.63, 3.8) is 0 Å². The molecule has 0 saturated carbocycles. The van der Waals surface area contributed by atoms with Gasteiger partial charge >= 0.3 is 0 Å². The molecule has 0 spiro atoms. The summed E-state index contributed by atoms with van der Waals surface area (Å²) in [5.74, 6) is 1.50. The second-order valence-corrected chi connectivity index (χ2v) is 7.06. The van der Waals surface area contributed by atoms with E-state index in [0.29, 0.717) is 6.61 Å². The van der Waals surface area contributed by atoms with E-state index in [1.807, 2.05) is 36.5 Å². The lowest BCUT2D eigenvalue weighted by Gasteiger charge is -2.28. The van der Waals surface area contributed by atoms with Crippen molar-refractivity contribution in [1.82, 2.24) is 19.9 Å². The molecule has 0 radical (unpaired) electrons. The van der Waals surface area contributed by atoms with Gasteiger partial charge in [0, 0.05) is 60.8 Å². The van der Waals surface area contributed by atoms with E-state index in [9.17, 15) is 0 Å². The fourth-order valence-electron chi connectivity index (χ4n) is 3.39. The first-order valence-electron chi connectivity index (χ1n) is 9.72. The minimum atomic E-state index is 0.689. The van der Waals surface area contributed by atoms with Gasteiger partial charge in [-0.3, -0.25) is 4.90 Å². The molecule has 0 atom stereocenters. The summed E-state index contributed by atoms with van der Waals surface area (Å²) in [7, 11) is 0. The highest BCUT2D eigenvalue weighted by Gasteiger charge is 2.20. The fraction of sp³-hybridized carbons (Fsp3) is 0.318. The lowest BCUT2D eigenvalue weighted by Crippen LogP contribution is -2.31.